The highest BCUT2D eigenvalue weighted by Gasteiger charge is 2.39. The molecule has 2 aliphatic heterocycles. The summed E-state index contributed by atoms with van der Waals surface area (Å²) in [6.45, 7) is 0.278. The van der Waals surface area contributed by atoms with Crippen molar-refractivity contribution < 1.29 is 23.9 Å². The molecule has 2 aromatic rings. The van der Waals surface area contributed by atoms with Gasteiger partial charge >= 0.3 is 0 Å². The van der Waals surface area contributed by atoms with Crippen LogP contribution in [0.4, 0.5) is 5.69 Å². The molecule has 0 saturated carbocycles. The molecule has 31 heavy (non-hydrogen) atoms. The number of rotatable bonds is 4. The molecule has 2 aliphatic rings. The maximum atomic E-state index is 13.2. The van der Waals surface area contributed by atoms with Crippen molar-refractivity contribution in [1.29, 1.82) is 0 Å². The Balaban J connectivity index is 1.52. The average Bonchev–Trinajstić information content (AvgIpc) is 3.32. The normalized spacial score (nSPS) is 23.0. The molecule has 9 heteroatoms. The molecule has 1 saturated heterocycles. The number of carbonyl (C=O) groups excluding carboxylic acids is 3. The first-order chi connectivity index (χ1) is 15.0. The summed E-state index contributed by atoms with van der Waals surface area (Å²) in [5.41, 5.74) is 0.933. The van der Waals surface area contributed by atoms with Crippen LogP contribution in [-0.2, 0) is 9.53 Å². The van der Waals surface area contributed by atoms with Crippen molar-refractivity contribution in [1.82, 2.24) is 10.2 Å². The van der Waals surface area contributed by atoms with Crippen LogP contribution in [-0.4, -0.2) is 61.6 Å². The van der Waals surface area contributed by atoms with Gasteiger partial charge in [-0.3, -0.25) is 14.4 Å². The van der Waals surface area contributed by atoms with Gasteiger partial charge < -0.3 is 25.0 Å². The Morgan fingerprint density at radius 1 is 1.26 bits per heavy atom. The Hall–Kier alpha value is -2.91. The van der Waals surface area contributed by atoms with Crippen molar-refractivity contribution in [3.05, 3.63) is 46.2 Å². The van der Waals surface area contributed by atoms with E-state index in [9.17, 15) is 14.4 Å². The maximum absolute atomic E-state index is 13.2. The van der Waals surface area contributed by atoms with E-state index >= 15 is 0 Å². The van der Waals surface area contributed by atoms with Crippen molar-refractivity contribution in [2.75, 3.05) is 26.0 Å². The molecule has 1 aromatic heterocycles. The minimum absolute atomic E-state index is 0.0675. The molecule has 8 nitrogen and oxygen atoms in total. The van der Waals surface area contributed by atoms with Gasteiger partial charge in [0.2, 0.25) is 5.91 Å². The number of benzene rings is 1. The van der Waals surface area contributed by atoms with Gasteiger partial charge in [-0.25, -0.2) is 0 Å². The second-order valence-electron chi connectivity index (χ2n) is 7.69. The Morgan fingerprint density at radius 3 is 2.84 bits per heavy atom. The van der Waals surface area contributed by atoms with E-state index in [2.05, 4.69) is 10.6 Å². The minimum Gasteiger partial charge on any atom is -0.490 e. The summed E-state index contributed by atoms with van der Waals surface area (Å²) in [5, 5.41) is 7.29. The van der Waals surface area contributed by atoms with E-state index in [4.69, 9.17) is 9.47 Å². The molecule has 0 aliphatic carbocycles. The molecule has 0 bridgehead atoms. The summed E-state index contributed by atoms with van der Waals surface area (Å²) in [4.78, 5) is 39.6. The van der Waals surface area contributed by atoms with Crippen molar-refractivity contribution in [3.63, 3.8) is 0 Å². The summed E-state index contributed by atoms with van der Waals surface area (Å²) in [5.74, 6) is -0.0285. The molecule has 0 unspecified atom stereocenters. The SMILES string of the molecule is CNC(=O)C[C@H]1CC[C@H]2[C@H](COc3ccc(NC(=O)c4cccs4)cc3C(=O)N2C)O1. The van der Waals surface area contributed by atoms with Crippen LogP contribution in [0.1, 0.15) is 39.3 Å². The zero-order valence-electron chi connectivity index (χ0n) is 17.4. The number of ether oxygens (including phenoxy) is 2. The zero-order valence-corrected chi connectivity index (χ0v) is 18.2. The van der Waals surface area contributed by atoms with Crippen LogP contribution >= 0.6 is 11.3 Å². The van der Waals surface area contributed by atoms with Crippen LogP contribution in [0.2, 0.25) is 0 Å². The molecule has 164 valence electrons. The summed E-state index contributed by atoms with van der Waals surface area (Å²) in [7, 11) is 3.36. The highest BCUT2D eigenvalue weighted by atomic mass is 32.1. The molecule has 1 fully saturated rings. The monoisotopic (exact) mass is 443 g/mol. The lowest BCUT2D eigenvalue weighted by molar-refractivity contribution is -0.133. The van der Waals surface area contributed by atoms with Crippen LogP contribution in [0, 0.1) is 0 Å². The second-order valence-corrected chi connectivity index (χ2v) is 8.64. The molecular formula is C22H25N3O5S. The lowest BCUT2D eigenvalue weighted by Crippen LogP contribution is -2.53. The Bertz CT molecular complexity index is 978. The number of nitrogens with one attached hydrogen (secondary N) is 2. The minimum atomic E-state index is -0.316. The molecule has 3 atom stereocenters. The number of amides is 3. The van der Waals surface area contributed by atoms with E-state index in [0.717, 1.165) is 6.42 Å². The number of thiophene rings is 1. The van der Waals surface area contributed by atoms with Gasteiger partial charge in [-0.1, -0.05) is 6.07 Å². The molecule has 4 rings (SSSR count). The van der Waals surface area contributed by atoms with Crippen molar-refractivity contribution in [2.45, 2.75) is 37.5 Å². The van der Waals surface area contributed by atoms with Gasteiger partial charge in [0.05, 0.1) is 29.0 Å². The van der Waals surface area contributed by atoms with Crippen LogP contribution in [0.5, 0.6) is 5.75 Å². The zero-order chi connectivity index (χ0) is 22.0. The van der Waals surface area contributed by atoms with E-state index in [1.54, 1.807) is 43.3 Å². The third kappa shape index (κ3) is 4.57. The largest absolute Gasteiger partial charge is 0.490 e. The van der Waals surface area contributed by atoms with Crippen LogP contribution in [0.15, 0.2) is 35.7 Å². The molecule has 2 N–H and O–H groups in total. The number of hydrogen-bond donors (Lipinski definition) is 2. The quantitative estimate of drug-likeness (QED) is 0.757. The first kappa shape index (κ1) is 21.3. The van der Waals surface area contributed by atoms with Crippen molar-refractivity contribution in [3.8, 4) is 5.75 Å². The number of fused-ring (bicyclic) bond motifs is 2. The number of hydrogen-bond acceptors (Lipinski definition) is 6. The Morgan fingerprint density at radius 2 is 2.10 bits per heavy atom. The summed E-state index contributed by atoms with van der Waals surface area (Å²) < 4.78 is 12.1. The van der Waals surface area contributed by atoms with Gasteiger partial charge in [0, 0.05) is 19.8 Å². The molecule has 3 amide bonds. The second kappa shape index (κ2) is 9.07. The summed E-state index contributed by atoms with van der Waals surface area (Å²) in [6.07, 6.45) is 1.20. The van der Waals surface area contributed by atoms with E-state index in [1.165, 1.54) is 11.3 Å². The highest BCUT2D eigenvalue weighted by Crippen LogP contribution is 2.32. The predicted molar refractivity (Wildman–Crippen MR) is 117 cm³/mol. The summed E-state index contributed by atoms with van der Waals surface area (Å²) in [6, 6.07) is 8.47. The van der Waals surface area contributed by atoms with E-state index < -0.39 is 0 Å². The molecular weight excluding hydrogens is 418 g/mol. The van der Waals surface area contributed by atoms with E-state index in [1.807, 2.05) is 11.4 Å². The third-order valence-corrected chi connectivity index (χ3v) is 6.58. The van der Waals surface area contributed by atoms with Crippen LogP contribution in [0.3, 0.4) is 0 Å². The average molecular weight is 444 g/mol. The predicted octanol–water partition coefficient (Wildman–Crippen LogP) is 2.52. The number of anilines is 1. The first-order valence-electron chi connectivity index (χ1n) is 10.2. The number of carbonyl (C=O) groups is 3. The van der Waals surface area contributed by atoms with Crippen LogP contribution in [0.25, 0.3) is 0 Å². The van der Waals surface area contributed by atoms with Crippen molar-refractivity contribution >= 4 is 34.7 Å². The van der Waals surface area contributed by atoms with Crippen molar-refractivity contribution in [2.24, 2.45) is 0 Å². The standard InChI is InChI=1S/C22H25N3O5S/c1-23-20(26)11-14-6-7-16-18(30-14)12-29-17-8-5-13(10-15(17)22(28)25(16)2)24-21(27)19-4-3-9-31-19/h3-5,8-10,14,16,18H,6-7,11-12H2,1-2H3,(H,23,26)(H,24,27)/t14-,16+,18+/m1/s1. The fourth-order valence-corrected chi connectivity index (χ4v) is 4.63. The fraction of sp³-hybridized carbons (Fsp3) is 0.409. The van der Waals surface area contributed by atoms with E-state index in [-0.39, 0.29) is 42.6 Å². The molecule has 3 heterocycles. The summed E-state index contributed by atoms with van der Waals surface area (Å²) >= 11 is 1.35. The van der Waals surface area contributed by atoms with Gasteiger partial charge in [-0.15, -0.1) is 11.3 Å². The Kier molecular flexibility index (Phi) is 6.24. The van der Waals surface area contributed by atoms with Gasteiger partial charge in [0.1, 0.15) is 18.5 Å². The highest BCUT2D eigenvalue weighted by molar-refractivity contribution is 7.12. The van der Waals surface area contributed by atoms with Gasteiger partial charge in [0.15, 0.2) is 0 Å². The Labute approximate surface area is 184 Å². The van der Waals surface area contributed by atoms with E-state index in [0.29, 0.717) is 34.7 Å². The molecule has 1 aromatic carbocycles. The topological polar surface area (TPSA) is 97.0 Å². The van der Waals surface area contributed by atoms with Gasteiger partial charge in [-0.2, -0.15) is 0 Å². The number of nitrogens with zero attached hydrogens (tertiary/aromatic N) is 1. The van der Waals surface area contributed by atoms with Gasteiger partial charge in [-0.05, 0) is 42.5 Å². The first-order valence-corrected chi connectivity index (χ1v) is 11.1. The molecule has 0 radical (unpaired) electrons. The maximum Gasteiger partial charge on any atom is 0.265 e. The molecule has 0 spiro atoms. The third-order valence-electron chi connectivity index (χ3n) is 5.71. The van der Waals surface area contributed by atoms with Crippen LogP contribution < -0.4 is 15.4 Å². The van der Waals surface area contributed by atoms with Gasteiger partial charge in [0.25, 0.3) is 11.8 Å². The fourth-order valence-electron chi connectivity index (χ4n) is 4.01. The lowest BCUT2D eigenvalue weighted by atomic mass is 9.94. The lowest BCUT2D eigenvalue weighted by Gasteiger charge is -2.42. The smallest absolute Gasteiger partial charge is 0.265 e. The number of likely N-dealkylation sites (N-methyl/N-ethyl adjacent to an activating group) is 1.